The summed E-state index contributed by atoms with van der Waals surface area (Å²) in [5.74, 6) is -0.342. The van der Waals surface area contributed by atoms with Crippen LogP contribution in [-0.2, 0) is 14.8 Å². The van der Waals surface area contributed by atoms with Gasteiger partial charge in [0.1, 0.15) is 0 Å². The topological polar surface area (TPSA) is 86.8 Å². The lowest BCUT2D eigenvalue weighted by molar-refractivity contribution is -0.133. The van der Waals surface area contributed by atoms with Crippen molar-refractivity contribution in [3.05, 3.63) is 35.4 Å². The van der Waals surface area contributed by atoms with Crippen molar-refractivity contribution in [2.24, 2.45) is 0 Å². The van der Waals surface area contributed by atoms with Gasteiger partial charge in [-0.25, -0.2) is 8.42 Å². The van der Waals surface area contributed by atoms with Crippen LogP contribution in [0.4, 0.5) is 0 Å². The molecule has 0 bridgehead atoms. The van der Waals surface area contributed by atoms with Gasteiger partial charge >= 0.3 is 0 Å². The van der Waals surface area contributed by atoms with E-state index in [1.54, 1.807) is 36.2 Å². The van der Waals surface area contributed by atoms with E-state index < -0.39 is 16.1 Å². The lowest BCUT2D eigenvalue weighted by atomic mass is 10.0. The molecule has 126 valence electrons. The first-order chi connectivity index (χ1) is 10.7. The molecule has 1 unspecified atom stereocenters. The van der Waals surface area contributed by atoms with Crippen molar-refractivity contribution in [2.75, 3.05) is 32.9 Å². The highest BCUT2D eigenvalue weighted by Gasteiger charge is 2.33. The number of hydrogen-bond donors (Lipinski definition) is 1. The van der Waals surface area contributed by atoms with Crippen molar-refractivity contribution in [3.63, 3.8) is 0 Å². The van der Waals surface area contributed by atoms with Crippen molar-refractivity contribution < 1.29 is 18.0 Å². The molecule has 1 heterocycles. The second-order valence-corrected chi connectivity index (χ2v) is 7.54. The van der Waals surface area contributed by atoms with Gasteiger partial charge in [0.2, 0.25) is 15.9 Å². The number of amides is 2. The molecule has 1 fully saturated rings. The quantitative estimate of drug-likeness (QED) is 0.853. The van der Waals surface area contributed by atoms with Crippen LogP contribution in [0.3, 0.4) is 0 Å². The van der Waals surface area contributed by atoms with Crippen molar-refractivity contribution in [3.8, 4) is 0 Å². The van der Waals surface area contributed by atoms with Gasteiger partial charge in [-0.1, -0.05) is 12.1 Å². The number of benzene rings is 1. The van der Waals surface area contributed by atoms with E-state index in [-0.39, 0.29) is 24.9 Å². The van der Waals surface area contributed by atoms with Crippen LogP contribution >= 0.6 is 0 Å². The summed E-state index contributed by atoms with van der Waals surface area (Å²) in [5.41, 5.74) is 1.22. The zero-order valence-electron chi connectivity index (χ0n) is 13.4. The molecule has 0 radical (unpaired) electrons. The summed E-state index contributed by atoms with van der Waals surface area (Å²) in [6.07, 6.45) is 1.16. The van der Waals surface area contributed by atoms with Gasteiger partial charge in [0.25, 0.3) is 5.91 Å². The van der Waals surface area contributed by atoms with E-state index in [1.807, 2.05) is 0 Å². The van der Waals surface area contributed by atoms with Gasteiger partial charge in [-0.3, -0.25) is 9.59 Å². The Morgan fingerprint density at radius 1 is 1.26 bits per heavy atom. The highest BCUT2D eigenvalue weighted by molar-refractivity contribution is 7.88. The summed E-state index contributed by atoms with van der Waals surface area (Å²) in [6, 6.07) is 6.51. The summed E-state index contributed by atoms with van der Waals surface area (Å²) in [5, 5.41) is 2.55. The minimum absolute atomic E-state index is 0.117. The molecule has 1 saturated heterocycles. The van der Waals surface area contributed by atoms with Crippen LogP contribution in [0.1, 0.15) is 28.9 Å². The smallest absolute Gasteiger partial charge is 0.251 e. The van der Waals surface area contributed by atoms with Crippen LogP contribution in [0.25, 0.3) is 0 Å². The van der Waals surface area contributed by atoms with Gasteiger partial charge in [-0.15, -0.1) is 0 Å². The average Bonchev–Trinajstić information content (AvgIpc) is 2.52. The average molecular weight is 339 g/mol. The number of rotatable bonds is 3. The molecular formula is C15H21N3O4S. The maximum Gasteiger partial charge on any atom is 0.251 e. The van der Waals surface area contributed by atoms with Gasteiger partial charge in [0.15, 0.2) is 0 Å². The van der Waals surface area contributed by atoms with Gasteiger partial charge in [-0.2, -0.15) is 4.31 Å². The summed E-state index contributed by atoms with van der Waals surface area (Å²) in [7, 11) is -1.79. The molecule has 1 aliphatic rings. The second-order valence-electron chi connectivity index (χ2n) is 5.55. The lowest BCUT2D eigenvalue weighted by Gasteiger charge is -2.40. The first-order valence-corrected chi connectivity index (χ1v) is 9.13. The summed E-state index contributed by atoms with van der Waals surface area (Å²) in [4.78, 5) is 25.3. The lowest BCUT2D eigenvalue weighted by Crippen LogP contribution is -2.51. The van der Waals surface area contributed by atoms with E-state index in [0.717, 1.165) is 11.8 Å². The van der Waals surface area contributed by atoms with Gasteiger partial charge < -0.3 is 10.2 Å². The zero-order chi connectivity index (χ0) is 17.2. The van der Waals surface area contributed by atoms with Gasteiger partial charge in [0, 0.05) is 39.2 Å². The van der Waals surface area contributed by atoms with E-state index >= 15 is 0 Å². The van der Waals surface area contributed by atoms with Crippen molar-refractivity contribution in [2.45, 2.75) is 13.0 Å². The fourth-order valence-electron chi connectivity index (χ4n) is 2.75. The van der Waals surface area contributed by atoms with Crippen molar-refractivity contribution in [1.82, 2.24) is 14.5 Å². The molecule has 7 nitrogen and oxygen atoms in total. The Kier molecular flexibility index (Phi) is 5.06. The number of hydrogen-bond acceptors (Lipinski definition) is 4. The Hall–Kier alpha value is -1.93. The number of sulfonamides is 1. The predicted molar refractivity (Wildman–Crippen MR) is 86.4 cm³/mol. The predicted octanol–water partition coefficient (Wildman–Crippen LogP) is 0.211. The minimum Gasteiger partial charge on any atom is -0.355 e. The molecule has 2 amide bonds. The highest BCUT2D eigenvalue weighted by atomic mass is 32.2. The largest absolute Gasteiger partial charge is 0.355 e. The summed E-state index contributed by atoms with van der Waals surface area (Å²) < 4.78 is 25.0. The normalized spacial score (nSPS) is 19.4. The molecule has 1 aromatic rings. The Bertz CT molecular complexity index is 717. The van der Waals surface area contributed by atoms with Gasteiger partial charge in [0.05, 0.1) is 12.3 Å². The molecule has 23 heavy (non-hydrogen) atoms. The third kappa shape index (κ3) is 3.89. The number of nitrogens with one attached hydrogen (secondary N) is 1. The molecule has 0 aliphatic carbocycles. The molecule has 2 rings (SSSR count). The Labute approximate surface area is 136 Å². The third-order valence-electron chi connectivity index (χ3n) is 3.98. The summed E-state index contributed by atoms with van der Waals surface area (Å²) in [6.45, 7) is 2.27. The van der Waals surface area contributed by atoms with E-state index in [1.165, 1.54) is 11.2 Å². The van der Waals surface area contributed by atoms with Gasteiger partial charge in [-0.05, 0) is 17.7 Å². The number of nitrogens with zero attached hydrogens (tertiary/aromatic N) is 2. The zero-order valence-corrected chi connectivity index (χ0v) is 14.3. The maximum absolute atomic E-state index is 11.9. The van der Waals surface area contributed by atoms with Crippen LogP contribution < -0.4 is 5.32 Å². The number of carbonyl (C=O) groups excluding carboxylic acids is 2. The molecule has 1 aromatic carbocycles. The molecule has 8 heteroatoms. The maximum atomic E-state index is 11.9. The van der Waals surface area contributed by atoms with E-state index in [4.69, 9.17) is 0 Å². The molecule has 1 atom stereocenters. The fourth-order valence-corrected chi connectivity index (χ4v) is 3.58. The Balaban J connectivity index is 2.38. The monoisotopic (exact) mass is 339 g/mol. The van der Waals surface area contributed by atoms with E-state index in [0.29, 0.717) is 12.1 Å². The van der Waals surface area contributed by atoms with Crippen LogP contribution in [0.15, 0.2) is 24.3 Å². The van der Waals surface area contributed by atoms with E-state index in [2.05, 4.69) is 5.32 Å². The molecule has 0 saturated carbocycles. The van der Waals surface area contributed by atoms with E-state index in [9.17, 15) is 18.0 Å². The Morgan fingerprint density at radius 3 is 2.52 bits per heavy atom. The van der Waals surface area contributed by atoms with Crippen LogP contribution in [0, 0.1) is 0 Å². The van der Waals surface area contributed by atoms with Crippen LogP contribution in [0.5, 0.6) is 0 Å². The molecular weight excluding hydrogens is 318 g/mol. The highest BCUT2D eigenvalue weighted by Crippen LogP contribution is 2.27. The molecule has 0 spiro atoms. The summed E-state index contributed by atoms with van der Waals surface area (Å²) >= 11 is 0. The first kappa shape index (κ1) is 17.4. The molecule has 1 aliphatic heterocycles. The SMILES string of the molecule is CNC(=O)c1cccc(C2CN(S(C)(=O)=O)CCN2C(C)=O)c1. The first-order valence-electron chi connectivity index (χ1n) is 7.28. The Morgan fingerprint density at radius 2 is 1.96 bits per heavy atom. The number of carbonyl (C=O) groups is 2. The van der Waals surface area contributed by atoms with Crippen LogP contribution in [0.2, 0.25) is 0 Å². The molecule has 0 aromatic heterocycles. The fraction of sp³-hybridized carbons (Fsp3) is 0.467. The molecule has 1 N–H and O–H groups in total. The van der Waals surface area contributed by atoms with Crippen LogP contribution in [-0.4, -0.2) is 62.4 Å². The van der Waals surface area contributed by atoms with Crippen molar-refractivity contribution >= 4 is 21.8 Å². The standard InChI is InChI=1S/C15H21N3O4S/c1-11(19)18-8-7-17(23(3,21)22)10-14(18)12-5-4-6-13(9-12)15(20)16-2/h4-6,9,14H,7-8,10H2,1-3H3,(H,16,20). The third-order valence-corrected chi connectivity index (χ3v) is 5.25. The second kappa shape index (κ2) is 6.67. The number of piperazine rings is 1. The van der Waals surface area contributed by atoms with Crippen molar-refractivity contribution in [1.29, 1.82) is 0 Å². The minimum atomic E-state index is -3.33.